The van der Waals surface area contributed by atoms with Crippen LogP contribution < -0.4 is 10.9 Å². The second-order valence-corrected chi connectivity index (χ2v) is 6.90. The molecule has 0 atom stereocenters. The van der Waals surface area contributed by atoms with E-state index in [1.807, 2.05) is 0 Å². The Morgan fingerprint density at radius 2 is 0.659 bits per heavy atom. The van der Waals surface area contributed by atoms with Gasteiger partial charge in [0.15, 0.2) is 0 Å². The van der Waals surface area contributed by atoms with Gasteiger partial charge in [-0.25, -0.2) is 0 Å². The van der Waals surface area contributed by atoms with E-state index in [0.717, 1.165) is 0 Å². The number of nitro groups is 10. The Kier molecular flexibility index (Phi) is 7.72. The number of hydrogen-bond donors (Lipinski definition) is 2. The lowest BCUT2D eigenvalue weighted by molar-refractivity contribution is -0.963. The molecule has 2 aromatic heterocycles. The highest BCUT2D eigenvalue weighted by Crippen LogP contribution is 2.37. The zero-order chi connectivity index (χ0) is 34.2. The first kappa shape index (κ1) is 32.2. The molecule has 2 N–H and O–H groups in total. The lowest BCUT2D eigenvalue weighted by Gasteiger charge is -2.09. The zero-order valence-corrected chi connectivity index (χ0v) is 19.4. The molecule has 0 aliphatic carbocycles. The van der Waals surface area contributed by atoms with Gasteiger partial charge in [-0.15, -0.1) is 0 Å². The first-order valence-corrected chi connectivity index (χ1v) is 9.37. The normalized spacial score (nSPS) is 11.2. The Labute approximate surface area is 228 Å². The van der Waals surface area contributed by atoms with Crippen molar-refractivity contribution < 1.29 is 49.2 Å². The van der Waals surface area contributed by atoms with Crippen LogP contribution in [-0.2, 0) is 0 Å². The van der Waals surface area contributed by atoms with Crippen LogP contribution in [0.5, 0.6) is 0 Å². The van der Waals surface area contributed by atoms with Crippen molar-refractivity contribution in [3.63, 3.8) is 0 Å². The molecule has 0 aliphatic heterocycles. The average molecular weight is 642 g/mol. The van der Waals surface area contributed by atoms with Crippen LogP contribution in [0.3, 0.4) is 0 Å². The minimum atomic E-state index is -5.09. The number of aromatic nitrogens is 4. The fourth-order valence-electron chi connectivity index (χ4n) is 2.83. The van der Waals surface area contributed by atoms with E-state index < -0.39 is 105 Å². The Morgan fingerprint density at radius 1 is 0.432 bits per heavy atom. The molecular weight excluding hydrogens is 640 g/mol. The summed E-state index contributed by atoms with van der Waals surface area (Å²) in [6.45, 7) is 0. The van der Waals surface area contributed by atoms with Crippen LogP contribution in [0.25, 0.3) is 11.6 Å². The summed E-state index contributed by atoms with van der Waals surface area (Å²) >= 11 is 0. The summed E-state index contributed by atoms with van der Waals surface area (Å²) in [5.41, 5.74) is 1.23. The highest BCUT2D eigenvalue weighted by Gasteiger charge is 2.77. The fraction of sp³-hybridized carbons (Fsp3) is 0.250. The molecule has 44 heavy (non-hydrogen) atoms. The van der Waals surface area contributed by atoms with Gasteiger partial charge in [0.1, 0.15) is 0 Å². The molecule has 2 rings (SSSR count). The van der Waals surface area contributed by atoms with Gasteiger partial charge >= 0.3 is 46.7 Å². The average Bonchev–Trinajstić information content (AvgIpc) is 3.43. The lowest BCUT2D eigenvalue weighted by Crippen LogP contribution is -2.62. The third-order valence-corrected chi connectivity index (χ3v) is 4.61. The molecule has 36 heteroatoms. The molecule has 2 heterocycles. The summed E-state index contributed by atoms with van der Waals surface area (Å²) in [6.07, 6.45) is 0. The Morgan fingerprint density at radius 3 is 0.818 bits per heavy atom. The number of nitrogens with zero attached hydrogens (tertiary/aromatic N) is 14. The molecule has 36 nitrogen and oxygen atoms in total. The molecule has 234 valence electrons. The van der Waals surface area contributed by atoms with Crippen molar-refractivity contribution in [3.05, 3.63) is 101 Å². The molecule has 0 saturated carbocycles. The lowest BCUT2D eigenvalue weighted by atomic mass is 10.5. The minimum absolute atomic E-state index is 0.617. The van der Waals surface area contributed by atoms with Crippen LogP contribution in [0.4, 0.5) is 23.3 Å². The van der Waals surface area contributed by atoms with Gasteiger partial charge in [-0.05, 0) is 39.9 Å². The van der Waals surface area contributed by atoms with Crippen molar-refractivity contribution in [2.24, 2.45) is 0 Å². The maximum absolute atomic E-state index is 11.6. The van der Waals surface area contributed by atoms with Crippen molar-refractivity contribution in [2.75, 3.05) is 10.9 Å². The molecule has 0 spiro atoms. The predicted molar refractivity (Wildman–Crippen MR) is 116 cm³/mol. The van der Waals surface area contributed by atoms with E-state index in [9.17, 15) is 101 Å². The predicted octanol–water partition coefficient (Wildman–Crippen LogP) is -2.65. The van der Waals surface area contributed by atoms with E-state index in [4.69, 9.17) is 0 Å². The van der Waals surface area contributed by atoms with Crippen molar-refractivity contribution in [2.45, 2.75) is 11.8 Å². The monoisotopic (exact) mass is 642 g/mol. The van der Waals surface area contributed by atoms with Gasteiger partial charge in [-0.3, -0.25) is 60.7 Å². The smallest absolute Gasteiger partial charge is 0.358 e. The number of nitrogens with one attached hydrogen (secondary N) is 2. The van der Waals surface area contributed by atoms with E-state index in [1.54, 1.807) is 0 Å². The first-order valence-electron chi connectivity index (χ1n) is 9.37. The fourth-order valence-corrected chi connectivity index (χ4v) is 2.83. The molecule has 0 aliphatic rings. The van der Waals surface area contributed by atoms with Crippen LogP contribution in [0.15, 0.2) is 0 Å². The van der Waals surface area contributed by atoms with Crippen molar-refractivity contribution >= 4 is 23.3 Å². The van der Waals surface area contributed by atoms with Gasteiger partial charge in [0.2, 0.25) is 29.5 Å². The molecule has 0 saturated heterocycles. The Hall–Kier alpha value is -7.98. The standard InChI is InChI=1S/C8H2N16O20/c25-15(26)3-5(17(29)30)13(11-7(19(33)34,20(35)36)21(37)38)1(9-3)2-10-4(16(27)28)6(18(31)32)14(2)12-8(22(39)40,23(41)42)24(43)44/h11-12H. The number of imidazole rings is 2. The van der Waals surface area contributed by atoms with Crippen molar-refractivity contribution in [1.82, 2.24) is 19.3 Å². The van der Waals surface area contributed by atoms with Gasteiger partial charge in [-0.1, -0.05) is 0 Å². The SMILES string of the molecule is O=[N+]([O-])c1nc(-c2nc([N+](=O)[O-])c([N+](=O)[O-])n2NC([N+](=O)[O-])([N+](=O)[O-])[N+](=O)[O-])n(NC([N+](=O)[O-])([N+](=O)[O-])[N+](=O)[O-])c1[N+](=O)[O-]. The second kappa shape index (κ2) is 10.5. The van der Waals surface area contributed by atoms with Gasteiger partial charge in [0.25, 0.3) is 0 Å². The van der Waals surface area contributed by atoms with Crippen molar-refractivity contribution in [1.29, 1.82) is 0 Å². The van der Waals surface area contributed by atoms with E-state index in [-0.39, 0.29) is 0 Å². The summed E-state index contributed by atoms with van der Waals surface area (Å²) < 4.78 is -2.10. The number of rotatable bonds is 15. The maximum atomic E-state index is 11.6. The molecule has 0 amide bonds. The Balaban J connectivity index is 3.33. The van der Waals surface area contributed by atoms with E-state index in [0.29, 0.717) is 10.9 Å². The van der Waals surface area contributed by atoms with Crippen LogP contribution in [0.2, 0.25) is 0 Å². The molecular formula is C8H2N16O20. The van der Waals surface area contributed by atoms with Crippen LogP contribution >= 0.6 is 0 Å². The van der Waals surface area contributed by atoms with Crippen LogP contribution in [-0.4, -0.2) is 80.4 Å². The summed E-state index contributed by atoms with van der Waals surface area (Å²) in [5.74, 6) is -23.7. The maximum Gasteiger partial charge on any atom is 0.828 e. The van der Waals surface area contributed by atoms with Crippen molar-refractivity contribution in [3.8, 4) is 11.6 Å². The highest BCUT2D eigenvalue weighted by molar-refractivity contribution is 5.63. The largest absolute Gasteiger partial charge is 0.828 e. The van der Waals surface area contributed by atoms with Crippen LogP contribution in [0.1, 0.15) is 0 Å². The molecule has 0 radical (unpaired) electrons. The van der Waals surface area contributed by atoms with Gasteiger partial charge in [0.05, 0.1) is 0 Å². The summed E-state index contributed by atoms with van der Waals surface area (Å²) in [5, 5.41) is 114. The van der Waals surface area contributed by atoms with Crippen LogP contribution in [0, 0.1) is 101 Å². The second-order valence-electron chi connectivity index (χ2n) is 6.90. The van der Waals surface area contributed by atoms with E-state index >= 15 is 0 Å². The molecule has 0 bridgehead atoms. The van der Waals surface area contributed by atoms with Gasteiger partial charge < -0.3 is 40.5 Å². The molecule has 0 unspecified atom stereocenters. The minimum Gasteiger partial charge on any atom is -0.358 e. The molecule has 0 aromatic carbocycles. The number of hydrogen-bond acceptors (Lipinski definition) is 24. The first-order chi connectivity index (χ1) is 20.1. The quantitative estimate of drug-likeness (QED) is 0.114. The topological polar surface area (TPSA) is 491 Å². The van der Waals surface area contributed by atoms with E-state index in [2.05, 4.69) is 9.97 Å². The summed E-state index contributed by atoms with van der Waals surface area (Å²) in [7, 11) is 0. The third-order valence-electron chi connectivity index (χ3n) is 4.61. The summed E-state index contributed by atoms with van der Waals surface area (Å²) in [4.78, 5) is 97.7. The molecule has 2 aromatic rings. The molecule has 0 fully saturated rings. The summed E-state index contributed by atoms with van der Waals surface area (Å²) in [6, 6.07) is 0. The zero-order valence-electron chi connectivity index (χ0n) is 19.4. The van der Waals surface area contributed by atoms with Gasteiger partial charge in [-0.2, -0.15) is 0 Å². The van der Waals surface area contributed by atoms with E-state index in [1.165, 1.54) is 0 Å². The van der Waals surface area contributed by atoms with Gasteiger partial charge in [0, 0.05) is 9.97 Å². The third kappa shape index (κ3) is 4.58. The highest BCUT2D eigenvalue weighted by atomic mass is 16.8. The Bertz CT molecular complexity index is 1520.